The van der Waals surface area contributed by atoms with Crippen LogP contribution in [0.5, 0.6) is 0 Å². The van der Waals surface area contributed by atoms with E-state index in [0.29, 0.717) is 5.56 Å². The molecule has 0 unspecified atom stereocenters. The number of nitro benzene ring substituents is 1. The van der Waals surface area contributed by atoms with Crippen LogP contribution in [0.1, 0.15) is 12.5 Å². The molecule has 0 radical (unpaired) electrons. The quantitative estimate of drug-likeness (QED) is 0.493. The highest BCUT2D eigenvalue weighted by molar-refractivity contribution is 5.83. The number of nitrogens with one attached hydrogen (secondary N) is 1. The number of ether oxygens (including phenoxy) is 1. The number of benzene rings is 1. The number of methoxy groups -OCH3 is 1. The highest BCUT2D eigenvalue weighted by atomic mass is 19.1. The fraction of sp³-hybridized carbons (Fsp3) is 0.333. The fourth-order valence-corrected chi connectivity index (χ4v) is 1.64. The van der Waals surface area contributed by atoms with Gasteiger partial charge in [0.15, 0.2) is 0 Å². The molecule has 1 aromatic carbocycles. The molecule has 1 N–H and O–H groups in total. The van der Waals surface area contributed by atoms with Crippen LogP contribution in [0.15, 0.2) is 18.2 Å². The second kappa shape index (κ2) is 6.60. The number of rotatable bonds is 5. The van der Waals surface area contributed by atoms with Crippen molar-refractivity contribution < 1.29 is 23.6 Å². The Morgan fingerprint density at radius 3 is 2.60 bits per heavy atom. The molecule has 0 aromatic heterocycles. The molecule has 1 atom stereocenters. The molecule has 0 saturated carbocycles. The summed E-state index contributed by atoms with van der Waals surface area (Å²) < 4.78 is 18.0. The third kappa shape index (κ3) is 4.01. The molecule has 7 nitrogen and oxygen atoms in total. The second-order valence-electron chi connectivity index (χ2n) is 4.02. The minimum absolute atomic E-state index is 0.0266. The molecule has 1 aromatic rings. The molecule has 0 aliphatic carbocycles. The van der Waals surface area contributed by atoms with Crippen molar-refractivity contribution in [2.75, 3.05) is 7.11 Å². The standard InChI is InChI=1S/C12H13FN2O5/c1-7(16)14-10(12(17)20-2)6-8-3-4-11(15(18)19)9(13)5-8/h3-5,10H,6H2,1-2H3,(H,14,16)/t10-/m1/s1. The molecule has 8 heteroatoms. The third-order valence-corrected chi connectivity index (χ3v) is 2.51. The maximum Gasteiger partial charge on any atom is 0.328 e. The summed E-state index contributed by atoms with van der Waals surface area (Å²) in [5.41, 5.74) is -0.319. The first-order valence-electron chi connectivity index (χ1n) is 5.63. The summed E-state index contributed by atoms with van der Waals surface area (Å²) >= 11 is 0. The van der Waals surface area contributed by atoms with Crippen LogP contribution in [-0.4, -0.2) is 30.0 Å². The van der Waals surface area contributed by atoms with Gasteiger partial charge in [0.1, 0.15) is 6.04 Å². The van der Waals surface area contributed by atoms with Crippen molar-refractivity contribution in [3.63, 3.8) is 0 Å². The molecule has 1 amide bonds. The zero-order valence-corrected chi connectivity index (χ0v) is 10.9. The van der Waals surface area contributed by atoms with E-state index in [1.165, 1.54) is 13.0 Å². The van der Waals surface area contributed by atoms with E-state index in [0.717, 1.165) is 19.2 Å². The van der Waals surface area contributed by atoms with E-state index in [1.807, 2.05) is 0 Å². The minimum atomic E-state index is -1.00. The van der Waals surface area contributed by atoms with Gasteiger partial charge < -0.3 is 10.1 Å². The van der Waals surface area contributed by atoms with E-state index in [4.69, 9.17) is 0 Å². The van der Waals surface area contributed by atoms with E-state index in [-0.39, 0.29) is 6.42 Å². The first-order chi connectivity index (χ1) is 9.35. The molecule has 0 bridgehead atoms. The van der Waals surface area contributed by atoms with E-state index in [9.17, 15) is 24.1 Å². The Labute approximate surface area is 113 Å². The zero-order valence-electron chi connectivity index (χ0n) is 10.9. The van der Waals surface area contributed by atoms with Gasteiger partial charge in [0.25, 0.3) is 0 Å². The van der Waals surface area contributed by atoms with E-state index in [1.54, 1.807) is 0 Å². The Bertz CT molecular complexity index is 547. The Morgan fingerprint density at radius 1 is 1.50 bits per heavy atom. The SMILES string of the molecule is COC(=O)[C@@H](Cc1ccc([N+](=O)[O-])c(F)c1)NC(C)=O. The number of esters is 1. The van der Waals surface area contributed by atoms with Gasteiger partial charge in [0.2, 0.25) is 11.7 Å². The molecule has 20 heavy (non-hydrogen) atoms. The number of carbonyl (C=O) groups is 2. The number of hydrogen-bond acceptors (Lipinski definition) is 5. The lowest BCUT2D eigenvalue weighted by Crippen LogP contribution is -2.42. The maximum atomic E-state index is 13.5. The van der Waals surface area contributed by atoms with Crippen molar-refractivity contribution in [2.24, 2.45) is 0 Å². The van der Waals surface area contributed by atoms with Crippen molar-refractivity contribution >= 4 is 17.6 Å². The van der Waals surface area contributed by atoms with E-state index >= 15 is 0 Å². The number of amides is 1. The number of halogens is 1. The van der Waals surface area contributed by atoms with Crippen molar-refractivity contribution in [1.82, 2.24) is 5.32 Å². The van der Waals surface area contributed by atoms with Gasteiger partial charge in [-0.2, -0.15) is 4.39 Å². The Kier molecular flexibility index (Phi) is 5.13. The zero-order chi connectivity index (χ0) is 15.3. The molecule has 0 aliphatic rings. The van der Waals surface area contributed by atoms with Crippen molar-refractivity contribution in [1.29, 1.82) is 0 Å². The second-order valence-corrected chi connectivity index (χ2v) is 4.02. The first kappa shape index (κ1) is 15.5. The lowest BCUT2D eigenvalue weighted by Gasteiger charge is -2.15. The molecular formula is C12H13FN2O5. The minimum Gasteiger partial charge on any atom is -0.467 e. The van der Waals surface area contributed by atoms with Crippen molar-refractivity contribution in [3.05, 3.63) is 39.7 Å². The van der Waals surface area contributed by atoms with Crippen LogP contribution in [0.25, 0.3) is 0 Å². The number of carbonyl (C=O) groups excluding carboxylic acids is 2. The summed E-state index contributed by atoms with van der Waals surface area (Å²) in [5.74, 6) is -2.12. The van der Waals surface area contributed by atoms with Gasteiger partial charge in [-0.25, -0.2) is 4.79 Å². The van der Waals surface area contributed by atoms with Crippen LogP contribution in [0, 0.1) is 15.9 Å². The summed E-state index contributed by atoms with van der Waals surface area (Å²) in [4.78, 5) is 32.1. The smallest absolute Gasteiger partial charge is 0.328 e. The molecule has 0 spiro atoms. The molecule has 1 rings (SSSR count). The Morgan fingerprint density at radius 2 is 2.15 bits per heavy atom. The highest BCUT2D eigenvalue weighted by Gasteiger charge is 2.22. The maximum absolute atomic E-state index is 13.5. The predicted octanol–water partition coefficient (Wildman–Crippen LogP) is 0.954. The van der Waals surface area contributed by atoms with Gasteiger partial charge >= 0.3 is 11.7 Å². The van der Waals surface area contributed by atoms with Gasteiger partial charge in [-0.1, -0.05) is 6.07 Å². The third-order valence-electron chi connectivity index (χ3n) is 2.51. The molecule has 0 aliphatic heterocycles. The average Bonchev–Trinajstić information content (AvgIpc) is 2.36. The van der Waals surface area contributed by atoms with E-state index < -0.39 is 34.3 Å². The number of nitro groups is 1. The van der Waals surface area contributed by atoms with Gasteiger partial charge in [-0.05, 0) is 11.6 Å². The van der Waals surface area contributed by atoms with Crippen LogP contribution in [0.4, 0.5) is 10.1 Å². The topological polar surface area (TPSA) is 98.5 Å². The molecule has 0 heterocycles. The summed E-state index contributed by atoms with van der Waals surface area (Å²) in [7, 11) is 1.16. The summed E-state index contributed by atoms with van der Waals surface area (Å²) in [5, 5.41) is 12.9. The predicted molar refractivity (Wildman–Crippen MR) is 66.4 cm³/mol. The Balaban J connectivity index is 2.94. The fourth-order valence-electron chi connectivity index (χ4n) is 1.64. The van der Waals surface area contributed by atoms with Crippen molar-refractivity contribution in [2.45, 2.75) is 19.4 Å². The number of nitrogens with zero attached hydrogens (tertiary/aromatic N) is 1. The molecule has 0 fully saturated rings. The summed E-state index contributed by atoms with van der Waals surface area (Å²) in [6.45, 7) is 1.23. The van der Waals surface area contributed by atoms with Gasteiger partial charge in [-0.15, -0.1) is 0 Å². The largest absolute Gasteiger partial charge is 0.467 e. The Hall–Kier alpha value is -2.51. The average molecular weight is 284 g/mol. The lowest BCUT2D eigenvalue weighted by molar-refractivity contribution is -0.387. The van der Waals surface area contributed by atoms with Gasteiger partial charge in [0, 0.05) is 19.4 Å². The van der Waals surface area contributed by atoms with Gasteiger partial charge in [0.05, 0.1) is 12.0 Å². The van der Waals surface area contributed by atoms with Crippen molar-refractivity contribution in [3.8, 4) is 0 Å². The van der Waals surface area contributed by atoms with Crippen LogP contribution in [0.2, 0.25) is 0 Å². The number of hydrogen-bond donors (Lipinski definition) is 1. The van der Waals surface area contributed by atoms with Crippen LogP contribution in [-0.2, 0) is 20.7 Å². The monoisotopic (exact) mass is 284 g/mol. The van der Waals surface area contributed by atoms with Crippen LogP contribution >= 0.6 is 0 Å². The molecule has 108 valence electrons. The summed E-state index contributed by atoms with van der Waals surface area (Å²) in [6.07, 6.45) is -0.0266. The van der Waals surface area contributed by atoms with E-state index in [2.05, 4.69) is 10.1 Å². The molecule has 0 saturated heterocycles. The summed E-state index contributed by atoms with van der Waals surface area (Å²) in [6, 6.07) is 2.31. The molecular weight excluding hydrogens is 271 g/mol. The van der Waals surface area contributed by atoms with Gasteiger partial charge in [-0.3, -0.25) is 14.9 Å². The first-order valence-corrected chi connectivity index (χ1v) is 5.63. The van der Waals surface area contributed by atoms with Crippen LogP contribution in [0.3, 0.4) is 0 Å². The van der Waals surface area contributed by atoms with Crippen LogP contribution < -0.4 is 5.32 Å². The lowest BCUT2D eigenvalue weighted by atomic mass is 10.1. The highest BCUT2D eigenvalue weighted by Crippen LogP contribution is 2.19. The normalized spacial score (nSPS) is 11.6.